The van der Waals surface area contributed by atoms with Crippen LogP contribution in [0.2, 0.25) is 0 Å². The largest absolute Gasteiger partial charge is 0.497 e. The van der Waals surface area contributed by atoms with Crippen molar-refractivity contribution in [3.63, 3.8) is 0 Å². The highest BCUT2D eigenvalue weighted by Gasteiger charge is 2.15. The van der Waals surface area contributed by atoms with Gasteiger partial charge in [0.2, 0.25) is 0 Å². The van der Waals surface area contributed by atoms with Crippen molar-refractivity contribution in [2.75, 3.05) is 20.2 Å². The number of nitrogens with one attached hydrogen (secondary N) is 1. The molecule has 1 fully saturated rings. The molecular formula is C15H20N2O2. The summed E-state index contributed by atoms with van der Waals surface area (Å²) < 4.78 is 10.6. The fourth-order valence-corrected chi connectivity index (χ4v) is 2.79. The average Bonchev–Trinajstić information content (AvgIpc) is 2.88. The van der Waals surface area contributed by atoms with Gasteiger partial charge >= 0.3 is 0 Å². The van der Waals surface area contributed by atoms with E-state index in [1.807, 2.05) is 18.2 Å². The molecule has 0 spiro atoms. The number of nitrogens with zero attached hydrogens (tertiary/aromatic N) is 1. The van der Waals surface area contributed by atoms with Crippen LogP contribution in [0, 0.1) is 5.92 Å². The molecule has 4 heteroatoms. The molecular weight excluding hydrogens is 240 g/mol. The van der Waals surface area contributed by atoms with E-state index in [0.717, 1.165) is 47.8 Å². The normalized spacial score (nSPS) is 16.9. The highest BCUT2D eigenvalue weighted by Crippen LogP contribution is 2.26. The lowest BCUT2D eigenvalue weighted by Crippen LogP contribution is -2.27. The predicted molar refractivity (Wildman–Crippen MR) is 74.5 cm³/mol. The molecule has 2 heterocycles. The van der Waals surface area contributed by atoms with Gasteiger partial charge in [-0.25, -0.2) is 0 Å². The smallest absolute Gasteiger partial charge is 0.167 e. The quantitative estimate of drug-likeness (QED) is 0.918. The number of ether oxygens (including phenoxy) is 1. The molecule has 1 N–H and O–H groups in total. The van der Waals surface area contributed by atoms with Gasteiger partial charge in [-0.15, -0.1) is 0 Å². The predicted octanol–water partition coefficient (Wildman–Crippen LogP) is 2.77. The molecule has 102 valence electrons. The lowest BCUT2D eigenvalue weighted by Gasteiger charge is -2.21. The molecule has 1 aliphatic heterocycles. The Kier molecular flexibility index (Phi) is 3.69. The number of methoxy groups -OCH3 is 1. The van der Waals surface area contributed by atoms with Gasteiger partial charge < -0.3 is 14.6 Å². The number of benzene rings is 1. The topological polar surface area (TPSA) is 47.3 Å². The molecule has 2 aromatic rings. The van der Waals surface area contributed by atoms with Crippen LogP contribution in [0.1, 0.15) is 25.0 Å². The molecule has 4 nitrogen and oxygen atoms in total. The summed E-state index contributed by atoms with van der Waals surface area (Å²) in [4.78, 5) is 0. The van der Waals surface area contributed by atoms with Gasteiger partial charge in [0.25, 0.3) is 0 Å². The summed E-state index contributed by atoms with van der Waals surface area (Å²) in [5.41, 5.74) is 1.91. The third-order valence-electron chi connectivity index (χ3n) is 4.00. The first-order valence-electron chi connectivity index (χ1n) is 7.00. The minimum absolute atomic E-state index is 0.818. The Balaban J connectivity index is 1.72. The van der Waals surface area contributed by atoms with E-state index < -0.39 is 0 Å². The summed E-state index contributed by atoms with van der Waals surface area (Å²) in [6.45, 7) is 2.30. The molecule has 0 amide bonds. The summed E-state index contributed by atoms with van der Waals surface area (Å²) >= 11 is 0. The molecule has 19 heavy (non-hydrogen) atoms. The van der Waals surface area contributed by atoms with Crippen LogP contribution in [0.15, 0.2) is 22.7 Å². The van der Waals surface area contributed by atoms with Crippen molar-refractivity contribution in [2.24, 2.45) is 5.92 Å². The highest BCUT2D eigenvalue weighted by atomic mass is 16.5. The molecule has 0 atom stereocenters. The van der Waals surface area contributed by atoms with E-state index >= 15 is 0 Å². The second kappa shape index (κ2) is 5.61. The number of rotatable bonds is 4. The Morgan fingerprint density at radius 1 is 1.37 bits per heavy atom. The van der Waals surface area contributed by atoms with Gasteiger partial charge in [0.1, 0.15) is 5.75 Å². The molecule has 0 aliphatic carbocycles. The molecule has 0 unspecified atom stereocenters. The van der Waals surface area contributed by atoms with Crippen LogP contribution in [0.5, 0.6) is 5.75 Å². The van der Waals surface area contributed by atoms with Crippen LogP contribution in [0.4, 0.5) is 0 Å². The molecule has 1 aliphatic rings. The van der Waals surface area contributed by atoms with E-state index in [0.29, 0.717) is 0 Å². The first-order valence-corrected chi connectivity index (χ1v) is 7.00. The third kappa shape index (κ3) is 2.73. The number of fused-ring (bicyclic) bond motifs is 1. The van der Waals surface area contributed by atoms with Crippen LogP contribution in [-0.4, -0.2) is 25.4 Å². The molecule has 1 aromatic carbocycles. The van der Waals surface area contributed by atoms with Crippen LogP contribution >= 0.6 is 0 Å². The first-order chi connectivity index (χ1) is 9.36. The summed E-state index contributed by atoms with van der Waals surface area (Å²) in [5.74, 6) is 1.68. The Morgan fingerprint density at radius 2 is 2.21 bits per heavy atom. The van der Waals surface area contributed by atoms with Gasteiger partial charge in [-0.1, -0.05) is 5.16 Å². The molecule has 0 saturated carbocycles. The van der Waals surface area contributed by atoms with Crippen LogP contribution < -0.4 is 10.1 Å². The monoisotopic (exact) mass is 260 g/mol. The van der Waals surface area contributed by atoms with Crippen molar-refractivity contribution in [1.82, 2.24) is 10.5 Å². The van der Waals surface area contributed by atoms with Crippen molar-refractivity contribution < 1.29 is 9.26 Å². The van der Waals surface area contributed by atoms with Gasteiger partial charge in [-0.3, -0.25) is 0 Å². The van der Waals surface area contributed by atoms with E-state index in [1.165, 1.54) is 19.3 Å². The Morgan fingerprint density at radius 3 is 3.00 bits per heavy atom. The maximum Gasteiger partial charge on any atom is 0.167 e. The van der Waals surface area contributed by atoms with Crippen molar-refractivity contribution >= 4 is 11.0 Å². The minimum atomic E-state index is 0.818. The van der Waals surface area contributed by atoms with Gasteiger partial charge in [-0.05, 0) is 62.9 Å². The summed E-state index contributed by atoms with van der Waals surface area (Å²) in [7, 11) is 1.68. The van der Waals surface area contributed by atoms with Gasteiger partial charge in [0.15, 0.2) is 5.58 Å². The van der Waals surface area contributed by atoms with E-state index in [9.17, 15) is 0 Å². The SMILES string of the molecule is COc1ccc2onc(CCC3CCNCC3)c2c1. The van der Waals surface area contributed by atoms with Crippen molar-refractivity contribution in [3.05, 3.63) is 23.9 Å². The first kappa shape index (κ1) is 12.5. The fraction of sp³-hybridized carbons (Fsp3) is 0.533. The zero-order valence-corrected chi connectivity index (χ0v) is 11.3. The summed E-state index contributed by atoms with van der Waals surface area (Å²) in [6, 6.07) is 5.85. The van der Waals surface area contributed by atoms with E-state index in [2.05, 4.69) is 10.5 Å². The fourth-order valence-electron chi connectivity index (χ4n) is 2.79. The molecule has 3 rings (SSSR count). The lowest BCUT2D eigenvalue weighted by molar-refractivity contribution is 0.350. The zero-order valence-electron chi connectivity index (χ0n) is 11.3. The summed E-state index contributed by atoms with van der Waals surface area (Å²) in [6.07, 6.45) is 4.74. The van der Waals surface area contributed by atoms with Crippen LogP contribution in [-0.2, 0) is 6.42 Å². The lowest BCUT2D eigenvalue weighted by atomic mass is 9.92. The van der Waals surface area contributed by atoms with E-state index in [1.54, 1.807) is 7.11 Å². The Labute approximate surface area is 113 Å². The number of hydrogen-bond acceptors (Lipinski definition) is 4. The molecule has 1 aromatic heterocycles. The maximum atomic E-state index is 5.37. The van der Waals surface area contributed by atoms with E-state index in [4.69, 9.17) is 9.26 Å². The number of piperidine rings is 1. The molecule has 0 radical (unpaired) electrons. The maximum absolute atomic E-state index is 5.37. The second-order valence-electron chi connectivity index (χ2n) is 5.22. The number of aryl methyl sites for hydroxylation is 1. The zero-order chi connectivity index (χ0) is 13.1. The van der Waals surface area contributed by atoms with Gasteiger partial charge in [0.05, 0.1) is 12.8 Å². The van der Waals surface area contributed by atoms with Crippen molar-refractivity contribution in [1.29, 1.82) is 0 Å². The minimum Gasteiger partial charge on any atom is -0.497 e. The third-order valence-corrected chi connectivity index (χ3v) is 4.00. The van der Waals surface area contributed by atoms with Crippen molar-refractivity contribution in [3.8, 4) is 5.75 Å². The Bertz CT molecular complexity index is 544. The number of hydrogen-bond donors (Lipinski definition) is 1. The number of aromatic nitrogens is 1. The van der Waals surface area contributed by atoms with Gasteiger partial charge in [-0.2, -0.15) is 0 Å². The molecule has 0 bridgehead atoms. The van der Waals surface area contributed by atoms with Crippen LogP contribution in [0.3, 0.4) is 0 Å². The second-order valence-corrected chi connectivity index (χ2v) is 5.22. The van der Waals surface area contributed by atoms with E-state index in [-0.39, 0.29) is 0 Å². The van der Waals surface area contributed by atoms with Crippen LogP contribution in [0.25, 0.3) is 11.0 Å². The van der Waals surface area contributed by atoms with Crippen molar-refractivity contribution in [2.45, 2.75) is 25.7 Å². The molecule has 1 saturated heterocycles. The highest BCUT2D eigenvalue weighted by molar-refractivity contribution is 5.81. The average molecular weight is 260 g/mol. The summed E-state index contributed by atoms with van der Waals surface area (Å²) in [5, 5.41) is 8.70. The van der Waals surface area contributed by atoms with Gasteiger partial charge in [0, 0.05) is 5.39 Å². The Hall–Kier alpha value is -1.55. The standard InChI is InChI=1S/C15H20N2O2/c1-18-12-3-5-15-13(10-12)14(17-19-15)4-2-11-6-8-16-9-7-11/h3,5,10-11,16H,2,4,6-9H2,1H3.